The van der Waals surface area contributed by atoms with Gasteiger partial charge < -0.3 is 14.8 Å². The second-order valence-electron chi connectivity index (χ2n) is 8.88. The predicted molar refractivity (Wildman–Crippen MR) is 135 cm³/mol. The second-order valence-corrected chi connectivity index (χ2v) is 8.88. The van der Waals surface area contributed by atoms with E-state index in [1.165, 1.54) is 23.4 Å². The van der Waals surface area contributed by atoms with Gasteiger partial charge in [0.05, 0.1) is 12.7 Å². The van der Waals surface area contributed by atoms with Gasteiger partial charge in [-0.15, -0.1) is 0 Å². The van der Waals surface area contributed by atoms with Crippen LogP contribution in [-0.4, -0.2) is 25.7 Å². The fourth-order valence-corrected chi connectivity index (χ4v) is 4.98. The zero-order valence-electron chi connectivity index (χ0n) is 19.5. The quantitative estimate of drug-likeness (QED) is 0.352. The largest absolute Gasteiger partial charge is 0.489 e. The van der Waals surface area contributed by atoms with E-state index in [0.717, 1.165) is 29.8 Å². The summed E-state index contributed by atoms with van der Waals surface area (Å²) < 4.78 is 11.3. The molecule has 0 aliphatic carbocycles. The van der Waals surface area contributed by atoms with Crippen LogP contribution in [0.25, 0.3) is 10.8 Å². The Labute approximate surface area is 200 Å². The van der Waals surface area contributed by atoms with Crippen LogP contribution in [0.15, 0.2) is 91.0 Å². The van der Waals surface area contributed by atoms with E-state index >= 15 is 0 Å². The highest BCUT2D eigenvalue weighted by Gasteiger charge is 2.30. The van der Waals surface area contributed by atoms with Gasteiger partial charge in [0.25, 0.3) is 0 Å². The van der Waals surface area contributed by atoms with E-state index in [-0.39, 0.29) is 24.0 Å². The first-order valence-corrected chi connectivity index (χ1v) is 11.8. The molecule has 0 fully saturated rings. The number of methoxy groups -OCH3 is 1. The lowest BCUT2D eigenvalue weighted by molar-refractivity contribution is 0.0600. The molecule has 4 heteroatoms. The molecule has 172 valence electrons. The molecular weight excluding hydrogens is 422 g/mol. The molecule has 3 atom stereocenters. The van der Waals surface area contributed by atoms with Crippen molar-refractivity contribution in [3.05, 3.63) is 113 Å². The van der Waals surface area contributed by atoms with Crippen molar-refractivity contribution >= 4 is 16.7 Å². The van der Waals surface area contributed by atoms with E-state index in [0.29, 0.717) is 5.56 Å². The standard InChI is InChI=1S/C30H29NO3/c1-20(25-15-8-10-21-9-3-4-13-26(21)25)31-19-24-18-28(27-14-5-6-16-29(27)34-24)22-11-7-12-23(17-22)30(32)33-2/h3-17,20,24,28,31H,18-19H2,1-2H3/t20-,24+,28-/m1/s1. The minimum absolute atomic E-state index is 0.0131. The Morgan fingerprint density at radius 2 is 1.76 bits per heavy atom. The Kier molecular flexibility index (Phi) is 6.33. The van der Waals surface area contributed by atoms with Crippen molar-refractivity contribution in [2.24, 2.45) is 0 Å². The van der Waals surface area contributed by atoms with E-state index in [1.807, 2.05) is 30.3 Å². The summed E-state index contributed by atoms with van der Waals surface area (Å²) in [7, 11) is 1.41. The van der Waals surface area contributed by atoms with Crippen molar-refractivity contribution in [2.75, 3.05) is 13.7 Å². The Hall–Kier alpha value is -3.63. The van der Waals surface area contributed by atoms with Gasteiger partial charge in [0.2, 0.25) is 0 Å². The topological polar surface area (TPSA) is 47.6 Å². The molecule has 4 nitrogen and oxygen atoms in total. The van der Waals surface area contributed by atoms with Crippen LogP contribution in [0.1, 0.15) is 52.4 Å². The maximum absolute atomic E-state index is 12.1. The van der Waals surface area contributed by atoms with Crippen LogP contribution in [-0.2, 0) is 4.74 Å². The van der Waals surface area contributed by atoms with Gasteiger partial charge in [-0.1, -0.05) is 72.8 Å². The fourth-order valence-electron chi connectivity index (χ4n) is 4.98. The summed E-state index contributed by atoms with van der Waals surface area (Å²) in [6, 6.07) is 31.1. The van der Waals surface area contributed by atoms with Gasteiger partial charge >= 0.3 is 5.97 Å². The highest BCUT2D eigenvalue weighted by Crippen LogP contribution is 2.40. The van der Waals surface area contributed by atoms with E-state index in [2.05, 4.69) is 66.8 Å². The average Bonchev–Trinajstić information content (AvgIpc) is 2.90. The van der Waals surface area contributed by atoms with Gasteiger partial charge in [0.15, 0.2) is 0 Å². The molecule has 0 radical (unpaired) electrons. The van der Waals surface area contributed by atoms with Gasteiger partial charge in [-0.2, -0.15) is 0 Å². The third-order valence-corrected chi connectivity index (χ3v) is 6.74. The number of carbonyl (C=O) groups excluding carboxylic acids is 1. The number of hydrogen-bond donors (Lipinski definition) is 1. The van der Waals surface area contributed by atoms with Gasteiger partial charge in [-0.3, -0.25) is 0 Å². The lowest BCUT2D eigenvalue weighted by Crippen LogP contribution is -2.37. The third kappa shape index (κ3) is 4.42. The Morgan fingerprint density at radius 3 is 2.65 bits per heavy atom. The lowest BCUT2D eigenvalue weighted by Gasteiger charge is -2.33. The van der Waals surface area contributed by atoms with Crippen molar-refractivity contribution in [1.29, 1.82) is 0 Å². The van der Waals surface area contributed by atoms with Crippen molar-refractivity contribution in [1.82, 2.24) is 5.32 Å². The van der Waals surface area contributed by atoms with E-state index in [4.69, 9.17) is 9.47 Å². The highest BCUT2D eigenvalue weighted by molar-refractivity contribution is 5.89. The van der Waals surface area contributed by atoms with Crippen LogP contribution >= 0.6 is 0 Å². The summed E-state index contributed by atoms with van der Waals surface area (Å²) in [4.78, 5) is 12.1. The second kappa shape index (κ2) is 9.70. The summed E-state index contributed by atoms with van der Waals surface area (Å²) in [6.07, 6.45) is 0.843. The molecule has 0 bridgehead atoms. The number of carbonyl (C=O) groups is 1. The maximum Gasteiger partial charge on any atom is 0.337 e. The molecule has 5 rings (SSSR count). The van der Waals surface area contributed by atoms with Crippen LogP contribution in [0.5, 0.6) is 5.75 Å². The molecule has 0 aromatic heterocycles. The zero-order chi connectivity index (χ0) is 23.5. The van der Waals surface area contributed by atoms with Crippen molar-refractivity contribution in [3.63, 3.8) is 0 Å². The van der Waals surface area contributed by atoms with Crippen LogP contribution < -0.4 is 10.1 Å². The number of hydrogen-bond acceptors (Lipinski definition) is 4. The SMILES string of the molecule is COC(=O)c1cccc([C@H]2C[C@@H](CN[C@H](C)c3cccc4ccccc34)Oc3ccccc32)c1. The summed E-state index contributed by atoms with van der Waals surface area (Å²) in [6.45, 7) is 2.93. The number of fused-ring (bicyclic) bond motifs is 2. The fraction of sp³-hybridized carbons (Fsp3) is 0.233. The van der Waals surface area contributed by atoms with Crippen LogP contribution in [0.2, 0.25) is 0 Å². The molecule has 0 spiro atoms. The summed E-state index contributed by atoms with van der Waals surface area (Å²) in [5.74, 6) is 0.741. The molecule has 0 saturated carbocycles. The molecule has 0 amide bonds. The van der Waals surface area contributed by atoms with Gasteiger partial charge in [-0.25, -0.2) is 4.79 Å². The van der Waals surface area contributed by atoms with Gasteiger partial charge in [0.1, 0.15) is 11.9 Å². The molecule has 0 saturated heterocycles. The van der Waals surface area contributed by atoms with E-state index in [9.17, 15) is 4.79 Å². The first-order chi connectivity index (χ1) is 16.6. The van der Waals surface area contributed by atoms with Crippen LogP contribution in [0.4, 0.5) is 0 Å². The van der Waals surface area contributed by atoms with E-state index in [1.54, 1.807) is 6.07 Å². The smallest absolute Gasteiger partial charge is 0.337 e. The monoisotopic (exact) mass is 451 g/mol. The number of para-hydroxylation sites is 1. The molecule has 1 aliphatic rings. The van der Waals surface area contributed by atoms with Crippen LogP contribution in [0.3, 0.4) is 0 Å². The molecule has 1 N–H and O–H groups in total. The third-order valence-electron chi connectivity index (χ3n) is 6.74. The van der Waals surface area contributed by atoms with Gasteiger partial charge in [0, 0.05) is 24.1 Å². The van der Waals surface area contributed by atoms with Crippen LogP contribution in [0, 0.1) is 0 Å². The number of rotatable bonds is 6. The summed E-state index contributed by atoms with van der Waals surface area (Å²) >= 11 is 0. The van der Waals surface area contributed by atoms with Crippen molar-refractivity contribution in [3.8, 4) is 5.75 Å². The number of benzene rings is 4. The van der Waals surface area contributed by atoms with Crippen molar-refractivity contribution in [2.45, 2.75) is 31.4 Å². The maximum atomic E-state index is 12.1. The highest BCUT2D eigenvalue weighted by atomic mass is 16.5. The Balaban J connectivity index is 1.37. The van der Waals surface area contributed by atoms with E-state index < -0.39 is 0 Å². The number of nitrogens with one attached hydrogen (secondary N) is 1. The van der Waals surface area contributed by atoms with Gasteiger partial charge in [-0.05, 0) is 53.4 Å². The number of ether oxygens (including phenoxy) is 2. The Bertz CT molecular complexity index is 1310. The lowest BCUT2D eigenvalue weighted by atomic mass is 9.83. The molecule has 34 heavy (non-hydrogen) atoms. The molecule has 0 unspecified atom stereocenters. The molecule has 4 aromatic rings. The minimum Gasteiger partial charge on any atom is -0.489 e. The van der Waals surface area contributed by atoms with Crippen molar-refractivity contribution < 1.29 is 14.3 Å². The zero-order valence-corrected chi connectivity index (χ0v) is 19.5. The molecule has 1 aliphatic heterocycles. The summed E-state index contributed by atoms with van der Waals surface area (Å²) in [5.41, 5.74) is 4.12. The molecule has 4 aromatic carbocycles. The normalized spacial score (nSPS) is 18.1. The summed E-state index contributed by atoms with van der Waals surface area (Å²) in [5, 5.41) is 6.23. The Morgan fingerprint density at radius 1 is 1.00 bits per heavy atom. The first-order valence-electron chi connectivity index (χ1n) is 11.8. The molecular formula is C30H29NO3. The minimum atomic E-state index is -0.315. The predicted octanol–water partition coefficient (Wildman–Crippen LogP) is 6.26. The average molecular weight is 452 g/mol. The number of esters is 1. The molecule has 1 heterocycles. The first kappa shape index (κ1) is 22.2.